The van der Waals surface area contributed by atoms with Gasteiger partial charge in [0.05, 0.1) is 5.56 Å². The van der Waals surface area contributed by atoms with Crippen LogP contribution in [0.1, 0.15) is 21.8 Å². The number of anilines is 1. The number of fused-ring (bicyclic) bond motifs is 1. The van der Waals surface area contributed by atoms with Crippen LogP contribution in [-0.4, -0.2) is 25.0 Å². The minimum Gasteiger partial charge on any atom is -0.441 e. The highest BCUT2D eigenvalue weighted by atomic mass is 16.5. The molecule has 0 aliphatic carbocycles. The molecular formula is C18H18N2O3. The van der Waals surface area contributed by atoms with E-state index >= 15 is 0 Å². The zero-order chi connectivity index (χ0) is 16.6. The fourth-order valence-corrected chi connectivity index (χ4v) is 2.54. The Hall–Kier alpha value is -2.82. The molecule has 0 fully saturated rings. The summed E-state index contributed by atoms with van der Waals surface area (Å²) in [7, 11) is 3.94. The van der Waals surface area contributed by atoms with Gasteiger partial charge in [-0.25, -0.2) is 9.78 Å². The third kappa shape index (κ3) is 3.04. The molecule has 0 radical (unpaired) electrons. The highest BCUT2D eigenvalue weighted by Crippen LogP contribution is 2.23. The van der Waals surface area contributed by atoms with Crippen molar-refractivity contribution in [3.05, 3.63) is 53.4 Å². The second kappa shape index (κ2) is 5.76. The molecule has 0 saturated carbocycles. The number of carbonyl (C=O) groups excluding carboxylic acids is 1. The van der Waals surface area contributed by atoms with Crippen molar-refractivity contribution in [1.29, 1.82) is 0 Å². The van der Waals surface area contributed by atoms with Crippen molar-refractivity contribution in [2.45, 2.75) is 13.8 Å². The summed E-state index contributed by atoms with van der Waals surface area (Å²) < 4.78 is 10.8. The van der Waals surface area contributed by atoms with E-state index in [0.717, 1.165) is 11.3 Å². The SMILES string of the molecule is Cc1nc2cc(OC(=O)c3ccc(N(C)C)c(C)c3)ccc2o1. The van der Waals surface area contributed by atoms with Crippen LogP contribution >= 0.6 is 0 Å². The van der Waals surface area contributed by atoms with Crippen molar-refractivity contribution in [2.75, 3.05) is 19.0 Å². The molecule has 3 aromatic rings. The third-order valence-electron chi connectivity index (χ3n) is 3.59. The van der Waals surface area contributed by atoms with Gasteiger partial charge in [0.1, 0.15) is 11.3 Å². The number of oxazole rings is 1. The summed E-state index contributed by atoms with van der Waals surface area (Å²) in [5.41, 5.74) is 3.96. The molecule has 2 aromatic carbocycles. The maximum absolute atomic E-state index is 12.3. The molecule has 1 aromatic heterocycles. The molecule has 0 saturated heterocycles. The number of nitrogens with zero attached hydrogens (tertiary/aromatic N) is 2. The van der Waals surface area contributed by atoms with Crippen LogP contribution in [0.3, 0.4) is 0 Å². The molecular weight excluding hydrogens is 292 g/mol. The van der Waals surface area contributed by atoms with Crippen molar-refractivity contribution in [2.24, 2.45) is 0 Å². The molecule has 0 N–H and O–H groups in total. The number of aromatic nitrogens is 1. The fraction of sp³-hybridized carbons (Fsp3) is 0.222. The van der Waals surface area contributed by atoms with Gasteiger partial charge in [-0.1, -0.05) is 0 Å². The summed E-state index contributed by atoms with van der Waals surface area (Å²) in [4.78, 5) is 18.5. The minimum absolute atomic E-state index is 0.391. The Balaban J connectivity index is 1.83. The first-order chi connectivity index (χ1) is 10.9. The summed E-state index contributed by atoms with van der Waals surface area (Å²) >= 11 is 0. The third-order valence-corrected chi connectivity index (χ3v) is 3.59. The van der Waals surface area contributed by atoms with E-state index < -0.39 is 5.97 Å². The maximum Gasteiger partial charge on any atom is 0.343 e. The first kappa shape index (κ1) is 15.1. The lowest BCUT2D eigenvalue weighted by molar-refractivity contribution is 0.0735. The molecule has 23 heavy (non-hydrogen) atoms. The van der Waals surface area contributed by atoms with Crippen LogP contribution in [0.25, 0.3) is 11.1 Å². The summed E-state index contributed by atoms with van der Waals surface area (Å²) in [5, 5.41) is 0. The van der Waals surface area contributed by atoms with Gasteiger partial charge < -0.3 is 14.1 Å². The molecule has 0 spiro atoms. The molecule has 0 aliphatic rings. The predicted molar refractivity (Wildman–Crippen MR) is 89.2 cm³/mol. The van der Waals surface area contributed by atoms with Crippen molar-refractivity contribution < 1.29 is 13.9 Å². The zero-order valence-corrected chi connectivity index (χ0v) is 13.6. The number of benzene rings is 2. The van der Waals surface area contributed by atoms with Crippen LogP contribution in [0.4, 0.5) is 5.69 Å². The highest BCUT2D eigenvalue weighted by molar-refractivity contribution is 5.92. The molecule has 0 bridgehead atoms. The average molecular weight is 310 g/mol. The predicted octanol–water partition coefficient (Wildman–Crippen LogP) is 3.73. The Kier molecular flexibility index (Phi) is 3.78. The normalized spacial score (nSPS) is 10.8. The van der Waals surface area contributed by atoms with Gasteiger partial charge >= 0.3 is 5.97 Å². The van der Waals surface area contributed by atoms with E-state index in [9.17, 15) is 4.79 Å². The summed E-state index contributed by atoms with van der Waals surface area (Å²) in [6.07, 6.45) is 0. The zero-order valence-electron chi connectivity index (χ0n) is 13.6. The van der Waals surface area contributed by atoms with Crippen LogP contribution in [0.2, 0.25) is 0 Å². The summed E-state index contributed by atoms with van der Waals surface area (Å²) in [6.45, 7) is 3.75. The van der Waals surface area contributed by atoms with Crippen molar-refractivity contribution in [3.63, 3.8) is 0 Å². The smallest absolute Gasteiger partial charge is 0.343 e. The maximum atomic E-state index is 12.3. The fourth-order valence-electron chi connectivity index (χ4n) is 2.54. The number of hydrogen-bond acceptors (Lipinski definition) is 5. The summed E-state index contributed by atoms with van der Waals surface area (Å²) in [6, 6.07) is 10.7. The standard InChI is InChI=1S/C18H18N2O3/c1-11-9-13(5-7-16(11)20(3)4)18(21)23-14-6-8-17-15(10-14)19-12(2)22-17/h5-10H,1-4H3. The van der Waals surface area contributed by atoms with Crippen molar-refractivity contribution in [1.82, 2.24) is 4.98 Å². The first-order valence-electron chi connectivity index (χ1n) is 7.31. The highest BCUT2D eigenvalue weighted by Gasteiger charge is 2.12. The largest absolute Gasteiger partial charge is 0.441 e. The van der Waals surface area contributed by atoms with Gasteiger partial charge in [-0.15, -0.1) is 0 Å². The van der Waals surface area contributed by atoms with Gasteiger partial charge in [0.2, 0.25) is 0 Å². The van der Waals surface area contributed by atoms with E-state index in [-0.39, 0.29) is 0 Å². The molecule has 0 atom stereocenters. The molecule has 5 heteroatoms. The second-order valence-corrected chi connectivity index (χ2v) is 5.65. The quantitative estimate of drug-likeness (QED) is 0.545. The van der Waals surface area contributed by atoms with Crippen LogP contribution in [0.15, 0.2) is 40.8 Å². The van der Waals surface area contributed by atoms with E-state index in [4.69, 9.17) is 9.15 Å². The van der Waals surface area contributed by atoms with Crippen LogP contribution in [0, 0.1) is 13.8 Å². The van der Waals surface area contributed by atoms with Crippen molar-refractivity contribution in [3.8, 4) is 5.75 Å². The average Bonchev–Trinajstić information content (AvgIpc) is 2.86. The first-order valence-corrected chi connectivity index (χ1v) is 7.31. The molecule has 0 aliphatic heterocycles. The molecule has 3 rings (SSSR count). The number of ether oxygens (including phenoxy) is 1. The molecule has 0 amide bonds. The van der Waals surface area contributed by atoms with E-state index in [1.807, 2.05) is 38.1 Å². The number of carbonyl (C=O) groups is 1. The monoisotopic (exact) mass is 310 g/mol. The van der Waals surface area contributed by atoms with Crippen LogP contribution in [-0.2, 0) is 0 Å². The van der Waals surface area contributed by atoms with Crippen LogP contribution < -0.4 is 9.64 Å². The minimum atomic E-state index is -0.391. The van der Waals surface area contributed by atoms with E-state index in [1.54, 1.807) is 31.2 Å². The Morgan fingerprint density at radius 3 is 2.61 bits per heavy atom. The van der Waals surface area contributed by atoms with E-state index in [1.165, 1.54) is 0 Å². The Morgan fingerprint density at radius 2 is 1.91 bits per heavy atom. The molecule has 5 nitrogen and oxygen atoms in total. The number of aryl methyl sites for hydroxylation is 2. The van der Waals surface area contributed by atoms with Gasteiger partial charge in [0.25, 0.3) is 0 Å². The number of hydrogen-bond donors (Lipinski definition) is 0. The van der Waals surface area contributed by atoms with E-state index in [0.29, 0.717) is 28.3 Å². The van der Waals surface area contributed by atoms with Gasteiger partial charge in [-0.2, -0.15) is 0 Å². The lowest BCUT2D eigenvalue weighted by Gasteiger charge is -2.16. The van der Waals surface area contributed by atoms with E-state index in [2.05, 4.69) is 4.98 Å². The van der Waals surface area contributed by atoms with Gasteiger partial charge in [-0.05, 0) is 42.8 Å². The Bertz CT molecular complexity index is 881. The Morgan fingerprint density at radius 1 is 1.13 bits per heavy atom. The lowest BCUT2D eigenvalue weighted by Crippen LogP contribution is -2.12. The summed E-state index contributed by atoms with van der Waals surface area (Å²) in [5.74, 6) is 0.640. The van der Waals surface area contributed by atoms with Crippen LogP contribution in [0.5, 0.6) is 5.75 Å². The molecule has 1 heterocycles. The van der Waals surface area contributed by atoms with Gasteiger partial charge in [0.15, 0.2) is 11.5 Å². The van der Waals surface area contributed by atoms with Gasteiger partial charge in [-0.3, -0.25) is 0 Å². The topological polar surface area (TPSA) is 55.6 Å². The lowest BCUT2D eigenvalue weighted by atomic mass is 10.1. The molecule has 0 unspecified atom stereocenters. The number of esters is 1. The number of rotatable bonds is 3. The Labute approximate surface area is 134 Å². The molecule has 118 valence electrons. The van der Waals surface area contributed by atoms with Gasteiger partial charge in [0, 0.05) is 32.8 Å². The van der Waals surface area contributed by atoms with Crippen molar-refractivity contribution >= 4 is 22.8 Å². The second-order valence-electron chi connectivity index (χ2n) is 5.65.